The molecule has 1 fully saturated rings. The number of carbonyl (C=O) groups excluding carboxylic acids is 5. The van der Waals surface area contributed by atoms with Gasteiger partial charge in [-0.2, -0.15) is 0 Å². The van der Waals surface area contributed by atoms with Crippen LogP contribution in [0, 0.1) is 5.41 Å². The van der Waals surface area contributed by atoms with E-state index in [1.54, 1.807) is 24.3 Å². The van der Waals surface area contributed by atoms with E-state index in [9.17, 15) is 24.0 Å². The third-order valence-electron chi connectivity index (χ3n) is 6.12. The average Bonchev–Trinajstić information content (AvgIpc) is 3.11. The van der Waals surface area contributed by atoms with E-state index in [4.69, 9.17) is 11.6 Å². The summed E-state index contributed by atoms with van der Waals surface area (Å²) in [6.07, 6.45) is 6.21. The highest BCUT2D eigenvalue weighted by molar-refractivity contribution is 6.17. The quantitative estimate of drug-likeness (QED) is 0.179. The highest BCUT2D eigenvalue weighted by Gasteiger charge is 2.50. The second-order valence-electron chi connectivity index (χ2n) is 8.48. The molecule has 34 heavy (non-hydrogen) atoms. The van der Waals surface area contributed by atoms with Gasteiger partial charge in [0.25, 0.3) is 11.8 Å². The number of benzene rings is 1. The molecule has 3 N–H and O–H groups in total. The number of unbranched alkanes of at least 4 members (excludes halogenated alkanes) is 2. The summed E-state index contributed by atoms with van der Waals surface area (Å²) < 4.78 is 0. The van der Waals surface area contributed by atoms with E-state index in [2.05, 4.69) is 16.0 Å². The first-order chi connectivity index (χ1) is 16.4. The Morgan fingerprint density at radius 2 is 1.56 bits per heavy atom. The fourth-order valence-corrected chi connectivity index (χ4v) is 4.07. The highest BCUT2D eigenvalue weighted by Crippen LogP contribution is 2.41. The second kappa shape index (κ2) is 11.8. The van der Waals surface area contributed by atoms with E-state index < -0.39 is 11.3 Å². The van der Waals surface area contributed by atoms with Crippen molar-refractivity contribution in [3.8, 4) is 0 Å². The van der Waals surface area contributed by atoms with Crippen LogP contribution in [0.4, 0.5) is 5.69 Å². The Labute approximate surface area is 203 Å². The Morgan fingerprint density at radius 3 is 2.15 bits per heavy atom. The fraction of sp³-hybridized carbons (Fsp3) is 0.458. The molecule has 1 aromatic rings. The number of imide groups is 1. The first kappa shape index (κ1) is 25.4. The molecule has 10 heteroatoms. The molecular weight excluding hydrogens is 460 g/mol. The Kier molecular flexibility index (Phi) is 8.81. The SMILES string of the molecule is O=C(CNC(=O)C1(C(=O)NCCCCCN2C(=O)C=CC2=O)CCC1)Nc1ccc(CCl)cc1. The summed E-state index contributed by atoms with van der Waals surface area (Å²) in [6, 6.07) is 7.07. The lowest BCUT2D eigenvalue weighted by atomic mass is 9.67. The van der Waals surface area contributed by atoms with Gasteiger partial charge in [0.2, 0.25) is 17.7 Å². The van der Waals surface area contributed by atoms with Crippen LogP contribution in [0.2, 0.25) is 0 Å². The lowest BCUT2D eigenvalue weighted by Gasteiger charge is -2.38. The summed E-state index contributed by atoms with van der Waals surface area (Å²) in [5.74, 6) is -1.37. The van der Waals surface area contributed by atoms with Crippen LogP contribution < -0.4 is 16.0 Å². The Morgan fingerprint density at radius 1 is 0.912 bits per heavy atom. The zero-order chi connectivity index (χ0) is 24.6. The number of nitrogens with zero attached hydrogens (tertiary/aromatic N) is 1. The molecule has 0 atom stereocenters. The maximum absolute atomic E-state index is 12.7. The maximum atomic E-state index is 12.7. The molecule has 1 aliphatic carbocycles. The van der Waals surface area contributed by atoms with Crippen LogP contribution in [0.5, 0.6) is 0 Å². The number of alkyl halides is 1. The van der Waals surface area contributed by atoms with Gasteiger partial charge in [-0.05, 0) is 49.8 Å². The number of hydrogen-bond donors (Lipinski definition) is 3. The highest BCUT2D eigenvalue weighted by atomic mass is 35.5. The molecule has 0 saturated heterocycles. The summed E-state index contributed by atoms with van der Waals surface area (Å²) in [6.45, 7) is 0.518. The monoisotopic (exact) mass is 488 g/mol. The van der Waals surface area contributed by atoms with Crippen molar-refractivity contribution in [2.45, 2.75) is 44.4 Å². The molecule has 182 valence electrons. The number of rotatable bonds is 12. The molecule has 0 radical (unpaired) electrons. The van der Waals surface area contributed by atoms with E-state index in [0.29, 0.717) is 50.3 Å². The molecule has 1 saturated carbocycles. The number of nitrogens with one attached hydrogen (secondary N) is 3. The van der Waals surface area contributed by atoms with Crippen LogP contribution >= 0.6 is 11.6 Å². The number of anilines is 1. The maximum Gasteiger partial charge on any atom is 0.253 e. The molecular formula is C24H29ClN4O5. The average molecular weight is 489 g/mol. The minimum absolute atomic E-state index is 0.228. The first-order valence-electron chi connectivity index (χ1n) is 11.4. The van der Waals surface area contributed by atoms with Crippen LogP contribution in [0.3, 0.4) is 0 Å². The minimum Gasteiger partial charge on any atom is -0.355 e. The van der Waals surface area contributed by atoms with Crippen LogP contribution in [0.15, 0.2) is 36.4 Å². The number of carbonyl (C=O) groups is 5. The normalized spacial score (nSPS) is 16.2. The van der Waals surface area contributed by atoms with E-state index in [0.717, 1.165) is 18.4 Å². The molecule has 1 aliphatic heterocycles. The van der Waals surface area contributed by atoms with E-state index in [1.165, 1.54) is 17.1 Å². The van der Waals surface area contributed by atoms with Gasteiger partial charge in [0.1, 0.15) is 5.41 Å². The van der Waals surface area contributed by atoms with Crippen molar-refractivity contribution in [1.29, 1.82) is 0 Å². The molecule has 3 rings (SSSR count). The lowest BCUT2D eigenvalue weighted by molar-refractivity contribution is -0.150. The lowest BCUT2D eigenvalue weighted by Crippen LogP contribution is -2.56. The van der Waals surface area contributed by atoms with Crippen molar-refractivity contribution in [3.63, 3.8) is 0 Å². The fourth-order valence-electron chi connectivity index (χ4n) is 3.89. The van der Waals surface area contributed by atoms with Crippen molar-refractivity contribution in [1.82, 2.24) is 15.5 Å². The van der Waals surface area contributed by atoms with E-state index in [1.807, 2.05) is 0 Å². The van der Waals surface area contributed by atoms with Crippen LogP contribution in [-0.4, -0.2) is 54.1 Å². The molecule has 2 aliphatic rings. The second-order valence-corrected chi connectivity index (χ2v) is 8.74. The van der Waals surface area contributed by atoms with Crippen molar-refractivity contribution in [2.24, 2.45) is 5.41 Å². The smallest absolute Gasteiger partial charge is 0.253 e. The van der Waals surface area contributed by atoms with Crippen molar-refractivity contribution < 1.29 is 24.0 Å². The number of hydrogen-bond acceptors (Lipinski definition) is 5. The summed E-state index contributed by atoms with van der Waals surface area (Å²) >= 11 is 5.75. The molecule has 5 amide bonds. The molecule has 1 heterocycles. The van der Waals surface area contributed by atoms with Gasteiger partial charge in [0.05, 0.1) is 6.54 Å². The summed E-state index contributed by atoms with van der Waals surface area (Å²) in [5.41, 5.74) is 0.390. The Bertz CT molecular complexity index is 954. The van der Waals surface area contributed by atoms with Crippen molar-refractivity contribution >= 4 is 46.8 Å². The summed E-state index contributed by atoms with van der Waals surface area (Å²) in [5, 5.41) is 8.11. The van der Waals surface area contributed by atoms with Gasteiger partial charge in [0, 0.05) is 36.8 Å². The zero-order valence-corrected chi connectivity index (χ0v) is 19.7. The molecule has 1 aromatic carbocycles. The Balaban J connectivity index is 1.36. The van der Waals surface area contributed by atoms with Gasteiger partial charge >= 0.3 is 0 Å². The molecule has 9 nitrogen and oxygen atoms in total. The van der Waals surface area contributed by atoms with Gasteiger partial charge in [-0.25, -0.2) is 0 Å². The van der Waals surface area contributed by atoms with Crippen LogP contribution in [-0.2, 0) is 29.9 Å². The van der Waals surface area contributed by atoms with Gasteiger partial charge in [-0.3, -0.25) is 28.9 Å². The predicted octanol–water partition coefficient (Wildman–Crippen LogP) is 1.86. The van der Waals surface area contributed by atoms with Gasteiger partial charge in [-0.15, -0.1) is 11.6 Å². The summed E-state index contributed by atoms with van der Waals surface area (Å²) in [4.78, 5) is 61.9. The van der Waals surface area contributed by atoms with Crippen molar-refractivity contribution in [3.05, 3.63) is 42.0 Å². The third-order valence-corrected chi connectivity index (χ3v) is 6.43. The summed E-state index contributed by atoms with van der Waals surface area (Å²) in [7, 11) is 0. The first-order valence-corrected chi connectivity index (χ1v) is 11.9. The topological polar surface area (TPSA) is 125 Å². The largest absolute Gasteiger partial charge is 0.355 e. The van der Waals surface area contributed by atoms with Gasteiger partial charge < -0.3 is 16.0 Å². The predicted molar refractivity (Wildman–Crippen MR) is 127 cm³/mol. The molecule has 0 unspecified atom stereocenters. The van der Waals surface area contributed by atoms with E-state index >= 15 is 0 Å². The third kappa shape index (κ3) is 6.22. The van der Waals surface area contributed by atoms with Crippen LogP contribution in [0.25, 0.3) is 0 Å². The van der Waals surface area contributed by atoms with E-state index in [-0.39, 0.29) is 30.2 Å². The van der Waals surface area contributed by atoms with Crippen LogP contribution in [0.1, 0.15) is 44.1 Å². The standard InChI is InChI=1S/C24H29ClN4O5/c25-15-17-5-7-18(8-6-17)28-19(30)16-27-23(34)24(11-4-12-24)22(33)26-13-2-1-3-14-29-20(31)9-10-21(29)32/h5-10H,1-4,11-16H2,(H,26,33)(H,27,34)(H,28,30). The molecule has 0 spiro atoms. The number of halogens is 1. The number of amides is 5. The van der Waals surface area contributed by atoms with Crippen molar-refractivity contribution in [2.75, 3.05) is 25.0 Å². The molecule has 0 aromatic heterocycles. The van der Waals surface area contributed by atoms with Gasteiger partial charge in [-0.1, -0.05) is 18.6 Å². The zero-order valence-electron chi connectivity index (χ0n) is 18.9. The van der Waals surface area contributed by atoms with Gasteiger partial charge in [0.15, 0.2) is 0 Å². The Hall–Kier alpha value is -3.20. The minimum atomic E-state index is -1.14. The molecule has 0 bridgehead atoms.